The highest BCUT2D eigenvalue weighted by molar-refractivity contribution is 6.22. The zero-order chi connectivity index (χ0) is 24.0. The maximum Gasteiger partial charge on any atom is 0.316 e. The van der Waals surface area contributed by atoms with Crippen molar-refractivity contribution in [2.24, 2.45) is 23.7 Å². The summed E-state index contributed by atoms with van der Waals surface area (Å²) in [5.74, 6) is -1.83. The van der Waals surface area contributed by atoms with Crippen LogP contribution in [0.15, 0.2) is 60.7 Å². The normalized spacial score (nSPS) is 26.2. The summed E-state index contributed by atoms with van der Waals surface area (Å²) in [6.07, 6.45) is 4.63. The summed E-state index contributed by atoms with van der Waals surface area (Å²) in [5.41, 5.74) is 2.24. The van der Waals surface area contributed by atoms with Crippen molar-refractivity contribution in [2.45, 2.75) is 26.7 Å². The molecule has 4 atom stereocenters. The van der Waals surface area contributed by atoms with Crippen LogP contribution in [0.5, 0.6) is 5.75 Å². The fourth-order valence-corrected chi connectivity index (χ4v) is 5.23. The zero-order valence-corrected chi connectivity index (χ0v) is 19.1. The average molecular weight is 459 g/mol. The Kier molecular flexibility index (Phi) is 5.55. The number of benzene rings is 2. The van der Waals surface area contributed by atoms with E-state index in [9.17, 15) is 19.2 Å². The van der Waals surface area contributed by atoms with Gasteiger partial charge in [0.15, 0.2) is 0 Å². The standard InChI is InChI=1S/C27H26N2O5/c1-16-6-3-4-9-22(16)28-15-18(14-23(28)30)27(33)34-20-12-10-19(11-13-20)29-25(31)21-8-5-7-17(2)24(21)26(29)32/h3-7,9-13,17-18,21,24H,8,14-15H2,1-2H3/t17-,18+,21+,24+/m0/s1. The van der Waals surface area contributed by atoms with Crippen LogP contribution in [0.3, 0.4) is 0 Å². The van der Waals surface area contributed by atoms with Crippen LogP contribution in [0.4, 0.5) is 11.4 Å². The number of allylic oxidation sites excluding steroid dienone is 2. The van der Waals surface area contributed by atoms with E-state index in [4.69, 9.17) is 4.74 Å². The number of fused-ring (bicyclic) bond motifs is 1. The molecule has 174 valence electrons. The molecular weight excluding hydrogens is 432 g/mol. The Morgan fingerprint density at radius 3 is 2.44 bits per heavy atom. The number of carbonyl (C=O) groups excluding carboxylic acids is 4. The van der Waals surface area contributed by atoms with Gasteiger partial charge in [0.05, 0.1) is 23.4 Å². The minimum absolute atomic E-state index is 0.0220. The second-order valence-corrected chi connectivity index (χ2v) is 9.27. The number of amides is 3. The Morgan fingerprint density at radius 2 is 1.74 bits per heavy atom. The number of aryl methyl sites for hydroxylation is 1. The van der Waals surface area contributed by atoms with Crippen LogP contribution < -0.4 is 14.5 Å². The second kappa shape index (κ2) is 8.56. The van der Waals surface area contributed by atoms with Crippen molar-refractivity contribution < 1.29 is 23.9 Å². The minimum Gasteiger partial charge on any atom is -0.426 e. The molecule has 2 aliphatic heterocycles. The zero-order valence-electron chi connectivity index (χ0n) is 19.1. The third-order valence-electron chi connectivity index (χ3n) is 7.05. The number of imide groups is 1. The fraction of sp³-hybridized carbons (Fsp3) is 0.333. The van der Waals surface area contributed by atoms with Gasteiger partial charge in [-0.15, -0.1) is 0 Å². The first-order chi connectivity index (χ1) is 16.3. The van der Waals surface area contributed by atoms with E-state index in [2.05, 4.69) is 0 Å². The molecule has 34 heavy (non-hydrogen) atoms. The molecule has 3 aliphatic rings. The lowest BCUT2D eigenvalue weighted by atomic mass is 9.78. The molecule has 0 unspecified atom stereocenters. The maximum absolute atomic E-state index is 12.9. The van der Waals surface area contributed by atoms with Gasteiger partial charge in [-0.1, -0.05) is 37.3 Å². The van der Waals surface area contributed by atoms with Crippen LogP contribution in [0.1, 0.15) is 25.3 Å². The highest BCUT2D eigenvalue weighted by Crippen LogP contribution is 2.40. The molecule has 5 rings (SSSR count). The van der Waals surface area contributed by atoms with E-state index in [-0.39, 0.29) is 48.4 Å². The molecule has 0 saturated carbocycles. The quantitative estimate of drug-likeness (QED) is 0.302. The molecule has 2 fully saturated rings. The number of rotatable bonds is 4. The van der Waals surface area contributed by atoms with Gasteiger partial charge >= 0.3 is 5.97 Å². The van der Waals surface area contributed by atoms with Crippen molar-refractivity contribution in [3.05, 3.63) is 66.2 Å². The van der Waals surface area contributed by atoms with E-state index in [1.165, 1.54) is 4.90 Å². The maximum atomic E-state index is 12.9. The average Bonchev–Trinajstić information content (AvgIpc) is 3.33. The molecule has 3 amide bonds. The van der Waals surface area contributed by atoms with Crippen LogP contribution in [0.2, 0.25) is 0 Å². The molecule has 0 aromatic heterocycles. The Bertz CT molecular complexity index is 1200. The molecule has 2 saturated heterocycles. The number of hydrogen-bond donors (Lipinski definition) is 0. The van der Waals surface area contributed by atoms with Crippen LogP contribution in [0.25, 0.3) is 0 Å². The molecule has 7 heteroatoms. The van der Waals surface area contributed by atoms with E-state index in [0.717, 1.165) is 11.3 Å². The van der Waals surface area contributed by atoms with Crippen molar-refractivity contribution in [2.75, 3.05) is 16.3 Å². The number of carbonyl (C=O) groups is 4. The molecule has 1 aliphatic carbocycles. The third-order valence-corrected chi connectivity index (χ3v) is 7.05. The summed E-state index contributed by atoms with van der Waals surface area (Å²) in [6.45, 7) is 4.16. The van der Waals surface area contributed by atoms with Gasteiger partial charge in [-0.05, 0) is 55.2 Å². The fourth-order valence-electron chi connectivity index (χ4n) is 5.23. The van der Waals surface area contributed by atoms with Crippen molar-refractivity contribution in [3.63, 3.8) is 0 Å². The highest BCUT2D eigenvalue weighted by Gasteiger charge is 2.50. The summed E-state index contributed by atoms with van der Waals surface area (Å²) < 4.78 is 5.53. The molecule has 0 N–H and O–H groups in total. The van der Waals surface area contributed by atoms with E-state index in [1.54, 1.807) is 29.2 Å². The molecule has 0 bridgehead atoms. The van der Waals surface area contributed by atoms with Gasteiger partial charge in [0, 0.05) is 18.7 Å². The van der Waals surface area contributed by atoms with Gasteiger partial charge in [-0.2, -0.15) is 0 Å². The van der Waals surface area contributed by atoms with Crippen LogP contribution >= 0.6 is 0 Å². The van der Waals surface area contributed by atoms with Gasteiger partial charge in [0.1, 0.15) is 5.75 Å². The summed E-state index contributed by atoms with van der Waals surface area (Å²) in [4.78, 5) is 54.0. The number of esters is 1. The number of ether oxygens (including phenoxy) is 1. The third kappa shape index (κ3) is 3.71. The Labute approximate surface area is 198 Å². The minimum atomic E-state index is -0.564. The van der Waals surface area contributed by atoms with Gasteiger partial charge in [-0.3, -0.25) is 24.1 Å². The first kappa shape index (κ1) is 22.1. The lowest BCUT2D eigenvalue weighted by Crippen LogP contribution is -2.31. The monoisotopic (exact) mass is 458 g/mol. The topological polar surface area (TPSA) is 84.0 Å². The highest BCUT2D eigenvalue weighted by atomic mass is 16.5. The van der Waals surface area contributed by atoms with Gasteiger partial charge in [0.25, 0.3) is 0 Å². The number of hydrogen-bond acceptors (Lipinski definition) is 5. The SMILES string of the molecule is Cc1ccccc1N1C[C@H](C(=O)Oc2ccc(N3C(=O)[C@@H]4[C@@H](C)C=CC[C@H]4C3=O)cc2)CC1=O. The molecule has 2 aromatic rings. The molecule has 2 heterocycles. The molecular formula is C27H26N2O5. The lowest BCUT2D eigenvalue weighted by molar-refractivity contribution is -0.139. The molecule has 0 radical (unpaired) electrons. The van der Waals surface area contributed by atoms with Crippen molar-refractivity contribution >= 4 is 35.1 Å². The van der Waals surface area contributed by atoms with E-state index in [0.29, 0.717) is 17.9 Å². The largest absolute Gasteiger partial charge is 0.426 e. The second-order valence-electron chi connectivity index (χ2n) is 9.27. The number of anilines is 2. The Hall–Kier alpha value is -3.74. The predicted octanol–water partition coefficient (Wildman–Crippen LogP) is 3.66. The van der Waals surface area contributed by atoms with E-state index >= 15 is 0 Å². The van der Waals surface area contributed by atoms with Crippen molar-refractivity contribution in [3.8, 4) is 5.75 Å². The van der Waals surface area contributed by atoms with Crippen molar-refractivity contribution in [1.82, 2.24) is 0 Å². The van der Waals surface area contributed by atoms with Crippen LogP contribution in [0, 0.1) is 30.6 Å². The summed E-state index contributed by atoms with van der Waals surface area (Å²) in [5, 5.41) is 0. The van der Waals surface area contributed by atoms with E-state index < -0.39 is 11.9 Å². The molecule has 0 spiro atoms. The Morgan fingerprint density at radius 1 is 1.00 bits per heavy atom. The summed E-state index contributed by atoms with van der Waals surface area (Å²) in [7, 11) is 0. The van der Waals surface area contributed by atoms with Crippen molar-refractivity contribution in [1.29, 1.82) is 0 Å². The van der Waals surface area contributed by atoms with Crippen LogP contribution in [-0.2, 0) is 19.2 Å². The lowest BCUT2D eigenvalue weighted by Gasteiger charge is -2.22. The smallest absolute Gasteiger partial charge is 0.316 e. The van der Waals surface area contributed by atoms with E-state index in [1.807, 2.05) is 50.3 Å². The first-order valence-corrected chi connectivity index (χ1v) is 11.6. The summed E-state index contributed by atoms with van der Waals surface area (Å²) in [6, 6.07) is 14.0. The van der Waals surface area contributed by atoms with Gasteiger partial charge in [0.2, 0.25) is 17.7 Å². The van der Waals surface area contributed by atoms with Crippen LogP contribution in [-0.4, -0.2) is 30.2 Å². The molecule has 7 nitrogen and oxygen atoms in total. The number of nitrogens with zero attached hydrogens (tertiary/aromatic N) is 2. The first-order valence-electron chi connectivity index (χ1n) is 11.6. The van der Waals surface area contributed by atoms with Gasteiger partial charge < -0.3 is 9.64 Å². The number of para-hydroxylation sites is 1. The molecule has 2 aromatic carbocycles. The Balaban J connectivity index is 1.26. The summed E-state index contributed by atoms with van der Waals surface area (Å²) >= 11 is 0. The predicted molar refractivity (Wildman–Crippen MR) is 126 cm³/mol. The van der Waals surface area contributed by atoms with Gasteiger partial charge in [-0.25, -0.2) is 0 Å².